The number of rotatable bonds is 4. The fraction of sp³-hybridized carbons (Fsp3) is 0. The minimum atomic E-state index is -4.34. The summed E-state index contributed by atoms with van der Waals surface area (Å²) < 4.78 is 30.9. The van der Waals surface area contributed by atoms with E-state index >= 15 is 0 Å². The van der Waals surface area contributed by atoms with Crippen molar-refractivity contribution in [2.45, 2.75) is 4.90 Å². The van der Waals surface area contributed by atoms with Gasteiger partial charge in [0.2, 0.25) is 5.13 Å². The molecule has 5 N–H and O–H groups in total. The highest BCUT2D eigenvalue weighted by Crippen LogP contribution is 2.20. The normalized spacial score (nSPS) is 11.8. The number of aromatic nitrogens is 1. The van der Waals surface area contributed by atoms with E-state index in [4.69, 9.17) is 10.3 Å². The third kappa shape index (κ3) is 3.44. The van der Waals surface area contributed by atoms with E-state index in [0.717, 1.165) is 18.2 Å². The van der Waals surface area contributed by atoms with E-state index in [1.807, 2.05) is 0 Å². The topological polar surface area (TPSA) is 138 Å². The van der Waals surface area contributed by atoms with Crippen molar-refractivity contribution in [1.29, 1.82) is 0 Å². The predicted octanol–water partition coefficient (Wildman–Crippen LogP) is 1.12. The number of anilines is 2. The summed E-state index contributed by atoms with van der Waals surface area (Å²) in [5.74, 6) is 0.172. The molecule has 0 aliphatic carbocycles. The molecule has 1 aromatic carbocycles. The standard InChI is InChI=1S/C10H10N4O4S2/c11-9-5-19-10(13-9)14-12-4-6-3-7(20(16,17)18)1-2-8(6)15/h1-5,15H,11H2,(H,13,14)(H,16,17,18). The van der Waals surface area contributed by atoms with E-state index in [9.17, 15) is 13.5 Å². The molecule has 1 aromatic heterocycles. The van der Waals surface area contributed by atoms with E-state index in [2.05, 4.69) is 15.5 Å². The molecule has 0 aliphatic heterocycles. The lowest BCUT2D eigenvalue weighted by Gasteiger charge is -2.01. The molecule has 0 amide bonds. The highest BCUT2D eigenvalue weighted by molar-refractivity contribution is 7.85. The molecule has 0 bridgehead atoms. The average molecular weight is 314 g/mol. The molecule has 20 heavy (non-hydrogen) atoms. The molecule has 0 saturated carbocycles. The maximum Gasteiger partial charge on any atom is 0.294 e. The molecule has 0 saturated heterocycles. The lowest BCUT2D eigenvalue weighted by atomic mass is 10.2. The number of nitrogens with two attached hydrogens (primary N) is 1. The molecular formula is C10H10N4O4S2. The molecule has 1 heterocycles. The van der Waals surface area contributed by atoms with Gasteiger partial charge >= 0.3 is 0 Å². The average Bonchev–Trinajstić information content (AvgIpc) is 2.76. The van der Waals surface area contributed by atoms with Gasteiger partial charge in [-0.05, 0) is 18.2 Å². The van der Waals surface area contributed by atoms with Gasteiger partial charge in [-0.1, -0.05) is 0 Å². The van der Waals surface area contributed by atoms with E-state index in [1.165, 1.54) is 17.6 Å². The number of benzene rings is 1. The summed E-state index contributed by atoms with van der Waals surface area (Å²) in [6.07, 6.45) is 1.20. The quantitative estimate of drug-likeness (QED) is 0.377. The second-order valence-electron chi connectivity index (χ2n) is 3.64. The summed E-state index contributed by atoms with van der Waals surface area (Å²) in [6, 6.07) is 3.31. The minimum absolute atomic E-state index is 0.122. The number of phenols is 1. The van der Waals surface area contributed by atoms with E-state index < -0.39 is 10.1 Å². The van der Waals surface area contributed by atoms with Gasteiger partial charge in [0.1, 0.15) is 11.6 Å². The first-order valence-corrected chi connectivity index (χ1v) is 7.49. The lowest BCUT2D eigenvalue weighted by molar-refractivity contribution is 0.472. The van der Waals surface area contributed by atoms with Crippen LogP contribution in [0.3, 0.4) is 0 Å². The zero-order valence-corrected chi connectivity index (χ0v) is 11.5. The smallest absolute Gasteiger partial charge is 0.294 e. The van der Waals surface area contributed by atoms with Crippen molar-refractivity contribution in [3.05, 3.63) is 29.1 Å². The molecular weight excluding hydrogens is 304 g/mol. The molecule has 0 aliphatic rings. The number of nitrogens with zero attached hydrogens (tertiary/aromatic N) is 2. The van der Waals surface area contributed by atoms with Gasteiger partial charge in [0.15, 0.2) is 0 Å². The van der Waals surface area contributed by atoms with E-state index in [0.29, 0.717) is 10.9 Å². The van der Waals surface area contributed by atoms with Crippen LogP contribution >= 0.6 is 11.3 Å². The Morgan fingerprint density at radius 3 is 2.80 bits per heavy atom. The van der Waals surface area contributed by atoms with Crippen LogP contribution in [-0.4, -0.2) is 29.3 Å². The molecule has 2 rings (SSSR count). The summed E-state index contributed by atoms with van der Waals surface area (Å²) in [5, 5.41) is 15.4. The second kappa shape index (κ2) is 5.45. The Morgan fingerprint density at radius 1 is 1.45 bits per heavy atom. The number of nitrogen functional groups attached to an aromatic ring is 1. The van der Waals surface area contributed by atoms with Crippen LogP contribution in [0.2, 0.25) is 0 Å². The molecule has 0 fully saturated rings. The van der Waals surface area contributed by atoms with Crippen LogP contribution in [0.4, 0.5) is 10.9 Å². The Hall–Kier alpha value is -2.17. The zero-order valence-electron chi connectivity index (χ0n) is 9.89. The van der Waals surface area contributed by atoms with Crippen molar-refractivity contribution in [1.82, 2.24) is 4.98 Å². The number of hydrazone groups is 1. The summed E-state index contributed by atoms with van der Waals surface area (Å²) in [7, 11) is -4.34. The first kappa shape index (κ1) is 14.2. The Kier molecular flexibility index (Phi) is 3.88. The number of phenolic OH excluding ortho intramolecular Hbond substituents is 1. The molecule has 0 unspecified atom stereocenters. The van der Waals surface area contributed by atoms with Crippen LogP contribution in [0.5, 0.6) is 5.75 Å². The summed E-state index contributed by atoms with van der Waals surface area (Å²) in [4.78, 5) is 3.56. The largest absolute Gasteiger partial charge is 0.507 e. The van der Waals surface area contributed by atoms with Gasteiger partial charge in [0, 0.05) is 10.9 Å². The highest BCUT2D eigenvalue weighted by Gasteiger charge is 2.11. The Balaban J connectivity index is 2.20. The highest BCUT2D eigenvalue weighted by atomic mass is 32.2. The first-order chi connectivity index (χ1) is 9.36. The van der Waals surface area contributed by atoms with E-state index in [-0.39, 0.29) is 16.2 Å². The minimum Gasteiger partial charge on any atom is -0.507 e. The van der Waals surface area contributed by atoms with Gasteiger partial charge in [-0.2, -0.15) is 13.5 Å². The van der Waals surface area contributed by atoms with Gasteiger partial charge in [-0.15, -0.1) is 11.3 Å². The maximum atomic E-state index is 11.0. The first-order valence-electron chi connectivity index (χ1n) is 5.17. The summed E-state index contributed by atoms with van der Waals surface area (Å²) in [5.41, 5.74) is 8.12. The van der Waals surface area contributed by atoms with Gasteiger partial charge in [0.25, 0.3) is 10.1 Å². The second-order valence-corrected chi connectivity index (χ2v) is 5.92. The monoisotopic (exact) mass is 314 g/mol. The van der Waals surface area contributed by atoms with Gasteiger partial charge < -0.3 is 10.8 Å². The summed E-state index contributed by atoms with van der Waals surface area (Å²) in [6.45, 7) is 0. The predicted molar refractivity (Wildman–Crippen MR) is 75.7 cm³/mol. The van der Waals surface area contributed by atoms with Crippen LogP contribution in [-0.2, 0) is 10.1 Å². The third-order valence-electron chi connectivity index (χ3n) is 2.18. The lowest BCUT2D eigenvalue weighted by Crippen LogP contribution is -1.99. The number of aromatic hydroxyl groups is 1. The molecule has 8 nitrogen and oxygen atoms in total. The van der Waals surface area contributed by atoms with Gasteiger partial charge in [-0.25, -0.2) is 4.98 Å². The van der Waals surface area contributed by atoms with Crippen LogP contribution in [0, 0.1) is 0 Å². The van der Waals surface area contributed by atoms with Crippen molar-refractivity contribution in [3.63, 3.8) is 0 Å². The zero-order chi connectivity index (χ0) is 14.8. The van der Waals surface area contributed by atoms with Crippen LogP contribution in [0.1, 0.15) is 5.56 Å². The Labute approximate surface area is 118 Å². The molecule has 106 valence electrons. The Bertz CT molecular complexity index is 754. The summed E-state index contributed by atoms with van der Waals surface area (Å²) >= 11 is 1.24. The number of hydrogen-bond donors (Lipinski definition) is 4. The fourth-order valence-electron chi connectivity index (χ4n) is 1.29. The maximum absolute atomic E-state index is 11.0. The molecule has 10 heteroatoms. The van der Waals surface area contributed by atoms with Crippen molar-refractivity contribution in [3.8, 4) is 5.75 Å². The molecule has 2 aromatic rings. The number of hydrogen-bond acceptors (Lipinski definition) is 8. The van der Waals surface area contributed by atoms with Crippen molar-refractivity contribution in [2.75, 3.05) is 11.2 Å². The molecule has 0 atom stereocenters. The van der Waals surface area contributed by atoms with E-state index in [1.54, 1.807) is 5.38 Å². The SMILES string of the molecule is Nc1csc(NN=Cc2cc(S(=O)(=O)O)ccc2O)n1. The third-order valence-corrected chi connectivity index (χ3v) is 3.80. The van der Waals surface area contributed by atoms with Crippen LogP contribution < -0.4 is 11.2 Å². The van der Waals surface area contributed by atoms with Crippen molar-refractivity contribution in [2.24, 2.45) is 5.10 Å². The van der Waals surface area contributed by atoms with Crippen molar-refractivity contribution < 1.29 is 18.1 Å². The molecule has 0 spiro atoms. The van der Waals surface area contributed by atoms with Crippen LogP contribution in [0.25, 0.3) is 0 Å². The molecule has 0 radical (unpaired) electrons. The number of thiazole rings is 1. The van der Waals surface area contributed by atoms with Crippen molar-refractivity contribution >= 4 is 38.6 Å². The van der Waals surface area contributed by atoms with Gasteiger partial charge in [0.05, 0.1) is 11.1 Å². The van der Waals surface area contributed by atoms with Gasteiger partial charge in [-0.3, -0.25) is 9.98 Å². The fourth-order valence-corrected chi connectivity index (χ4v) is 2.36. The van der Waals surface area contributed by atoms with Crippen LogP contribution in [0.15, 0.2) is 33.6 Å². The number of nitrogens with one attached hydrogen (secondary N) is 1. The Morgan fingerprint density at radius 2 is 2.20 bits per heavy atom.